The molecule has 2 unspecified atom stereocenters. The Morgan fingerprint density at radius 1 is 0.895 bits per heavy atom. The molecule has 0 radical (unpaired) electrons. The summed E-state index contributed by atoms with van der Waals surface area (Å²) in [5.41, 5.74) is 2.82. The molecular weight excluding hydrogens is 230 g/mol. The van der Waals surface area contributed by atoms with Gasteiger partial charge >= 0.3 is 0 Å². The maximum Gasteiger partial charge on any atom is 0.0111 e. The number of rotatable bonds is 6. The Hall–Kier alpha value is -1.60. The van der Waals surface area contributed by atoms with Gasteiger partial charge in [-0.2, -0.15) is 0 Å². The van der Waals surface area contributed by atoms with Crippen LogP contribution in [0, 0.1) is 0 Å². The van der Waals surface area contributed by atoms with Crippen molar-refractivity contribution in [1.82, 2.24) is 5.32 Å². The van der Waals surface area contributed by atoms with Gasteiger partial charge in [-0.3, -0.25) is 0 Å². The normalized spacial score (nSPS) is 14.0. The molecule has 0 fully saturated rings. The standard InChI is InChI=1S/C18H23N/c1-3-19-15(2)18(17-12-8-5-9-13-17)14-16-10-6-4-7-11-16/h4-13,15,18-19H,3,14H2,1-2H3. The van der Waals surface area contributed by atoms with Crippen molar-refractivity contribution >= 4 is 0 Å². The van der Waals surface area contributed by atoms with E-state index in [0.717, 1.165) is 13.0 Å². The molecule has 0 aliphatic rings. The zero-order valence-corrected chi connectivity index (χ0v) is 11.8. The number of likely N-dealkylation sites (N-methyl/N-ethyl adjacent to an activating group) is 1. The minimum atomic E-state index is 0.479. The van der Waals surface area contributed by atoms with E-state index in [1.165, 1.54) is 11.1 Å². The van der Waals surface area contributed by atoms with Crippen LogP contribution in [0.5, 0.6) is 0 Å². The Bertz CT molecular complexity index is 464. The van der Waals surface area contributed by atoms with E-state index in [1.807, 2.05) is 0 Å². The second-order valence-corrected chi connectivity index (χ2v) is 5.05. The third-order valence-electron chi connectivity index (χ3n) is 3.66. The van der Waals surface area contributed by atoms with Gasteiger partial charge in [-0.25, -0.2) is 0 Å². The number of hydrogen-bond donors (Lipinski definition) is 1. The molecular formula is C18H23N. The first-order valence-corrected chi connectivity index (χ1v) is 7.13. The molecule has 0 aliphatic heterocycles. The van der Waals surface area contributed by atoms with E-state index in [9.17, 15) is 0 Å². The van der Waals surface area contributed by atoms with Gasteiger partial charge in [-0.1, -0.05) is 67.6 Å². The molecule has 19 heavy (non-hydrogen) atoms. The van der Waals surface area contributed by atoms with E-state index in [4.69, 9.17) is 0 Å². The van der Waals surface area contributed by atoms with Gasteiger partial charge < -0.3 is 5.32 Å². The van der Waals surface area contributed by atoms with Crippen LogP contribution in [0.2, 0.25) is 0 Å². The Labute approximate surface area is 116 Å². The number of hydrogen-bond acceptors (Lipinski definition) is 1. The summed E-state index contributed by atoms with van der Waals surface area (Å²) in [4.78, 5) is 0. The first-order chi connectivity index (χ1) is 9.31. The van der Waals surface area contributed by atoms with Crippen molar-refractivity contribution in [2.24, 2.45) is 0 Å². The van der Waals surface area contributed by atoms with Crippen LogP contribution in [0.15, 0.2) is 60.7 Å². The molecule has 1 N–H and O–H groups in total. The van der Waals surface area contributed by atoms with Crippen LogP contribution in [-0.4, -0.2) is 12.6 Å². The maximum atomic E-state index is 3.56. The van der Waals surface area contributed by atoms with Crippen LogP contribution >= 0.6 is 0 Å². The Morgan fingerprint density at radius 3 is 2.05 bits per heavy atom. The molecule has 0 saturated carbocycles. The van der Waals surface area contributed by atoms with Gasteiger partial charge in [0.05, 0.1) is 0 Å². The molecule has 100 valence electrons. The van der Waals surface area contributed by atoms with E-state index in [0.29, 0.717) is 12.0 Å². The molecule has 1 nitrogen and oxygen atoms in total. The second-order valence-electron chi connectivity index (χ2n) is 5.05. The van der Waals surface area contributed by atoms with Crippen molar-refractivity contribution in [1.29, 1.82) is 0 Å². The van der Waals surface area contributed by atoms with Crippen molar-refractivity contribution in [3.8, 4) is 0 Å². The van der Waals surface area contributed by atoms with Crippen LogP contribution in [-0.2, 0) is 6.42 Å². The lowest BCUT2D eigenvalue weighted by atomic mass is 9.86. The monoisotopic (exact) mass is 253 g/mol. The minimum absolute atomic E-state index is 0.479. The van der Waals surface area contributed by atoms with E-state index < -0.39 is 0 Å². The highest BCUT2D eigenvalue weighted by Crippen LogP contribution is 2.24. The fourth-order valence-corrected chi connectivity index (χ4v) is 2.62. The SMILES string of the molecule is CCNC(C)C(Cc1ccccc1)c1ccccc1. The Morgan fingerprint density at radius 2 is 1.47 bits per heavy atom. The summed E-state index contributed by atoms with van der Waals surface area (Å²) >= 11 is 0. The summed E-state index contributed by atoms with van der Waals surface area (Å²) in [6, 6.07) is 22.1. The first-order valence-electron chi connectivity index (χ1n) is 7.13. The molecule has 0 aliphatic carbocycles. The highest BCUT2D eigenvalue weighted by Gasteiger charge is 2.18. The molecule has 2 aromatic carbocycles. The van der Waals surface area contributed by atoms with Crippen LogP contribution in [0.25, 0.3) is 0 Å². The molecule has 0 saturated heterocycles. The van der Waals surface area contributed by atoms with Gasteiger partial charge in [0.15, 0.2) is 0 Å². The molecule has 2 rings (SSSR count). The van der Waals surface area contributed by atoms with Crippen LogP contribution in [0.1, 0.15) is 30.9 Å². The van der Waals surface area contributed by atoms with E-state index in [2.05, 4.69) is 79.8 Å². The highest BCUT2D eigenvalue weighted by atomic mass is 14.9. The predicted octanol–water partition coefficient (Wildman–Crippen LogP) is 4.01. The molecule has 0 amide bonds. The van der Waals surface area contributed by atoms with Crippen LogP contribution < -0.4 is 5.32 Å². The van der Waals surface area contributed by atoms with E-state index >= 15 is 0 Å². The van der Waals surface area contributed by atoms with Gasteiger partial charge in [-0.15, -0.1) is 0 Å². The maximum absolute atomic E-state index is 3.56. The largest absolute Gasteiger partial charge is 0.314 e. The molecule has 0 aromatic heterocycles. The quantitative estimate of drug-likeness (QED) is 0.820. The fraction of sp³-hybridized carbons (Fsp3) is 0.333. The molecule has 0 heterocycles. The summed E-state index contributed by atoms with van der Waals surface area (Å²) in [5, 5.41) is 3.56. The minimum Gasteiger partial charge on any atom is -0.314 e. The Balaban J connectivity index is 2.20. The van der Waals surface area contributed by atoms with Crippen LogP contribution in [0.3, 0.4) is 0 Å². The summed E-state index contributed by atoms with van der Waals surface area (Å²) in [6.45, 7) is 5.46. The molecule has 2 atom stereocenters. The lowest BCUT2D eigenvalue weighted by Gasteiger charge is -2.25. The van der Waals surface area contributed by atoms with Gasteiger partial charge in [0.25, 0.3) is 0 Å². The Kier molecular flexibility index (Phi) is 5.17. The average Bonchev–Trinajstić information content (AvgIpc) is 2.47. The van der Waals surface area contributed by atoms with Crippen molar-refractivity contribution in [2.45, 2.75) is 32.2 Å². The third kappa shape index (κ3) is 3.93. The predicted molar refractivity (Wildman–Crippen MR) is 82.5 cm³/mol. The molecule has 0 bridgehead atoms. The van der Waals surface area contributed by atoms with Crippen molar-refractivity contribution < 1.29 is 0 Å². The topological polar surface area (TPSA) is 12.0 Å². The van der Waals surface area contributed by atoms with Crippen molar-refractivity contribution in [3.05, 3.63) is 71.8 Å². The van der Waals surface area contributed by atoms with Crippen LogP contribution in [0.4, 0.5) is 0 Å². The number of nitrogens with one attached hydrogen (secondary N) is 1. The average molecular weight is 253 g/mol. The van der Waals surface area contributed by atoms with Crippen molar-refractivity contribution in [2.75, 3.05) is 6.54 Å². The lowest BCUT2D eigenvalue weighted by molar-refractivity contribution is 0.467. The van der Waals surface area contributed by atoms with E-state index in [1.54, 1.807) is 0 Å². The van der Waals surface area contributed by atoms with Crippen molar-refractivity contribution in [3.63, 3.8) is 0 Å². The summed E-state index contributed by atoms with van der Waals surface area (Å²) in [6.07, 6.45) is 1.08. The molecule has 1 heteroatoms. The smallest absolute Gasteiger partial charge is 0.0111 e. The fourth-order valence-electron chi connectivity index (χ4n) is 2.62. The van der Waals surface area contributed by atoms with E-state index in [-0.39, 0.29) is 0 Å². The zero-order valence-electron chi connectivity index (χ0n) is 11.8. The summed E-state index contributed by atoms with van der Waals surface area (Å²) in [5.74, 6) is 0.517. The molecule has 2 aromatic rings. The third-order valence-corrected chi connectivity index (χ3v) is 3.66. The zero-order chi connectivity index (χ0) is 13.5. The van der Waals surface area contributed by atoms with Gasteiger partial charge in [-0.05, 0) is 31.0 Å². The number of benzene rings is 2. The van der Waals surface area contributed by atoms with Gasteiger partial charge in [0, 0.05) is 12.0 Å². The highest BCUT2D eigenvalue weighted by molar-refractivity contribution is 5.25. The van der Waals surface area contributed by atoms with Gasteiger partial charge in [0.2, 0.25) is 0 Å². The summed E-state index contributed by atoms with van der Waals surface area (Å²) in [7, 11) is 0. The molecule has 0 spiro atoms. The lowest BCUT2D eigenvalue weighted by Crippen LogP contribution is -2.33. The first kappa shape index (κ1) is 13.8. The second kappa shape index (κ2) is 7.10. The van der Waals surface area contributed by atoms with Gasteiger partial charge in [0.1, 0.15) is 0 Å². The summed E-state index contributed by atoms with van der Waals surface area (Å²) < 4.78 is 0.